The maximum Gasteiger partial charge on any atom is 0.419 e. The van der Waals surface area contributed by atoms with Gasteiger partial charge in [-0.1, -0.05) is 50.3 Å². The maximum atomic E-state index is 12.5. The molecular weight excluding hydrogens is 518 g/mol. The zero-order chi connectivity index (χ0) is 28.5. The Morgan fingerprint density at radius 1 is 1.05 bits per heavy atom. The summed E-state index contributed by atoms with van der Waals surface area (Å²) in [5.41, 5.74) is 5.02. The lowest BCUT2D eigenvalue weighted by atomic mass is 9.71. The minimum atomic E-state index is -4.76. The number of nitrogen functional groups attached to an aromatic ring is 1. The third-order valence-corrected chi connectivity index (χ3v) is 6.08. The molecule has 0 radical (unpaired) electrons. The molecule has 0 saturated heterocycles. The molecule has 1 aromatic carbocycles. The van der Waals surface area contributed by atoms with E-state index in [0.29, 0.717) is 12.0 Å². The summed E-state index contributed by atoms with van der Waals surface area (Å²) in [5.74, 6) is -0.410. The average Bonchev–Trinajstić information content (AvgIpc) is 3.59. The fraction of sp³-hybridized carbons (Fsp3) is 0.385. The predicted octanol–water partition coefficient (Wildman–Crippen LogP) is 6.53. The van der Waals surface area contributed by atoms with Gasteiger partial charge >= 0.3 is 12.2 Å². The topological polar surface area (TPSA) is 139 Å². The molecule has 1 aliphatic rings. The van der Waals surface area contributed by atoms with E-state index in [1.807, 2.05) is 38.1 Å². The van der Waals surface area contributed by atoms with Crippen LogP contribution in [0.4, 0.5) is 35.2 Å². The summed E-state index contributed by atoms with van der Waals surface area (Å²) < 4.78 is 53.8. The van der Waals surface area contributed by atoms with Gasteiger partial charge in [0, 0.05) is 18.2 Å². The number of nitrogens with two attached hydrogens (primary N) is 1. The number of phenols is 1. The van der Waals surface area contributed by atoms with Gasteiger partial charge in [-0.05, 0) is 37.1 Å². The molecule has 4 aromatic rings. The summed E-state index contributed by atoms with van der Waals surface area (Å²) in [7, 11) is 0. The quantitative estimate of drug-likeness (QED) is 0.206. The van der Waals surface area contributed by atoms with Gasteiger partial charge in [-0.15, -0.1) is 5.10 Å². The lowest BCUT2D eigenvalue weighted by molar-refractivity contribution is -0.140. The maximum absolute atomic E-state index is 12.5. The van der Waals surface area contributed by atoms with E-state index in [1.165, 1.54) is 6.42 Å². The summed E-state index contributed by atoms with van der Waals surface area (Å²) in [6, 6.07) is 10.3. The van der Waals surface area contributed by atoms with Crippen molar-refractivity contribution in [3.05, 3.63) is 71.6 Å². The third kappa shape index (κ3) is 7.68. The second-order valence-corrected chi connectivity index (χ2v) is 8.71. The number of aromatic nitrogens is 5. The second kappa shape index (κ2) is 13.1. The normalized spacial score (nSPS) is 14.4. The van der Waals surface area contributed by atoms with Crippen LogP contribution in [0.3, 0.4) is 0 Å². The van der Waals surface area contributed by atoms with Crippen LogP contribution in [0.2, 0.25) is 0 Å². The van der Waals surface area contributed by atoms with E-state index in [0.717, 1.165) is 61.6 Å². The summed E-state index contributed by atoms with van der Waals surface area (Å²) in [6.45, 7) is 4.00. The predicted molar refractivity (Wildman–Crippen MR) is 138 cm³/mol. The van der Waals surface area contributed by atoms with Gasteiger partial charge in [-0.25, -0.2) is 9.37 Å². The Morgan fingerprint density at radius 3 is 2.36 bits per heavy atom. The zero-order valence-corrected chi connectivity index (χ0v) is 21.6. The molecule has 0 bridgehead atoms. The molecule has 0 amide bonds. The molecule has 9 nitrogen and oxygen atoms in total. The Morgan fingerprint density at radius 2 is 1.77 bits per heavy atom. The van der Waals surface area contributed by atoms with Crippen molar-refractivity contribution in [2.24, 2.45) is 0 Å². The minimum Gasteiger partial charge on any atom is -0.505 e. The van der Waals surface area contributed by atoms with E-state index in [4.69, 9.17) is 20.2 Å². The Kier molecular flexibility index (Phi) is 9.85. The average molecular weight is 550 g/mol. The molecule has 13 heteroatoms. The van der Waals surface area contributed by atoms with Crippen molar-refractivity contribution in [3.8, 4) is 5.75 Å². The molecule has 3 aromatic heterocycles. The van der Waals surface area contributed by atoms with Crippen molar-refractivity contribution < 1.29 is 27.1 Å². The van der Waals surface area contributed by atoms with Crippen molar-refractivity contribution in [2.75, 3.05) is 11.1 Å². The second-order valence-electron chi connectivity index (χ2n) is 8.71. The van der Waals surface area contributed by atoms with E-state index >= 15 is 0 Å². The monoisotopic (exact) mass is 549 g/mol. The fourth-order valence-electron chi connectivity index (χ4n) is 4.34. The van der Waals surface area contributed by atoms with Crippen LogP contribution in [0.25, 0.3) is 0 Å². The van der Waals surface area contributed by atoms with Crippen LogP contribution in [0, 0.1) is 5.82 Å². The highest BCUT2D eigenvalue weighted by molar-refractivity contribution is 5.50. The third-order valence-electron chi connectivity index (χ3n) is 6.08. The van der Waals surface area contributed by atoms with Crippen LogP contribution >= 0.6 is 0 Å². The number of alkyl halides is 3. The molecule has 39 heavy (non-hydrogen) atoms. The van der Waals surface area contributed by atoms with Crippen LogP contribution in [-0.4, -0.2) is 30.5 Å². The van der Waals surface area contributed by atoms with Crippen molar-refractivity contribution in [1.82, 2.24) is 25.4 Å². The molecular formula is C26H31F4N7O2. The van der Waals surface area contributed by atoms with Gasteiger partial charge in [0.1, 0.15) is 11.6 Å². The number of rotatable bonds is 5. The number of pyridine rings is 1. The smallest absolute Gasteiger partial charge is 0.419 e. The number of aromatic hydroxyl groups is 1. The largest absolute Gasteiger partial charge is 0.505 e. The van der Waals surface area contributed by atoms with E-state index < -0.39 is 23.3 Å². The number of benzene rings is 1. The highest BCUT2D eigenvalue weighted by Crippen LogP contribution is 2.41. The van der Waals surface area contributed by atoms with Crippen LogP contribution in [0.15, 0.2) is 53.1 Å². The Balaban J connectivity index is 0.000000253. The zero-order valence-electron chi connectivity index (χ0n) is 21.6. The highest BCUT2D eigenvalue weighted by atomic mass is 19.4. The minimum absolute atomic E-state index is 0.127. The molecule has 1 saturated carbocycles. The summed E-state index contributed by atoms with van der Waals surface area (Å²) >= 11 is 0. The van der Waals surface area contributed by atoms with Gasteiger partial charge in [0.25, 0.3) is 0 Å². The Hall–Kier alpha value is -4.16. The van der Waals surface area contributed by atoms with E-state index in [-0.39, 0.29) is 11.4 Å². The number of nitrogens with one attached hydrogen (secondary N) is 2. The lowest BCUT2D eigenvalue weighted by Crippen LogP contribution is -2.32. The molecule has 210 valence electrons. The summed E-state index contributed by atoms with van der Waals surface area (Å²) in [4.78, 5) is 4.74. The van der Waals surface area contributed by atoms with Crippen LogP contribution in [0.5, 0.6) is 5.75 Å². The molecule has 5 N–H and O–H groups in total. The van der Waals surface area contributed by atoms with Crippen LogP contribution in [-0.2, 0) is 18.0 Å². The standard InChI is InChI=1S/C17H21N7O.C7H4F4O.C2H6/c18-16-24-23-15(25-16)17(8-2-1-3-9-17)11-12-5-4-6-13(20-12)21-14-7-10-19-22-14;8-6-4(7(9,10)11)2-1-3-5(6)12;1-2/h4-7,10H,1-3,8-9,11H2,(H2,18,24)(H2,19,20,21,22);1-3,12H;1-2H3. The first-order valence-electron chi connectivity index (χ1n) is 12.5. The SMILES string of the molecule is CC.Nc1nnc(C2(Cc3cccc(Nc4ccn[nH]4)n3)CCCCC2)o1.Oc1cccc(C(F)(F)F)c1F. The Bertz CT molecular complexity index is 1300. The molecule has 0 aliphatic heterocycles. The number of hydrogen-bond acceptors (Lipinski definition) is 8. The number of halogens is 4. The number of anilines is 3. The van der Waals surface area contributed by atoms with Gasteiger partial charge in [-0.2, -0.15) is 18.3 Å². The molecule has 0 atom stereocenters. The van der Waals surface area contributed by atoms with Gasteiger partial charge in [0.2, 0.25) is 5.89 Å². The molecule has 0 unspecified atom stereocenters. The first-order chi connectivity index (χ1) is 18.7. The fourth-order valence-corrected chi connectivity index (χ4v) is 4.34. The molecule has 5 rings (SSSR count). The first kappa shape index (κ1) is 29.4. The molecule has 0 spiro atoms. The molecule has 1 aliphatic carbocycles. The van der Waals surface area contributed by atoms with Gasteiger partial charge < -0.3 is 20.6 Å². The number of aromatic amines is 1. The lowest BCUT2D eigenvalue weighted by Gasteiger charge is -2.33. The molecule has 1 fully saturated rings. The van der Waals surface area contributed by atoms with Crippen molar-refractivity contribution >= 4 is 17.7 Å². The number of hydrogen-bond donors (Lipinski definition) is 4. The van der Waals surface area contributed by atoms with Gasteiger partial charge in [-0.3, -0.25) is 5.10 Å². The number of phenolic OH excluding ortho intramolecular Hbond substituents is 1. The molecule has 3 heterocycles. The van der Waals surface area contributed by atoms with Gasteiger partial charge in [0.05, 0.1) is 17.2 Å². The van der Waals surface area contributed by atoms with E-state index in [9.17, 15) is 17.6 Å². The first-order valence-corrected chi connectivity index (χ1v) is 12.5. The summed E-state index contributed by atoms with van der Waals surface area (Å²) in [5, 5.41) is 26.7. The van der Waals surface area contributed by atoms with E-state index in [1.54, 1.807) is 6.20 Å². The van der Waals surface area contributed by atoms with Crippen molar-refractivity contribution in [3.63, 3.8) is 0 Å². The van der Waals surface area contributed by atoms with Crippen LogP contribution < -0.4 is 11.1 Å². The van der Waals surface area contributed by atoms with Crippen molar-refractivity contribution in [1.29, 1.82) is 0 Å². The number of nitrogens with zero attached hydrogens (tertiary/aromatic N) is 4. The summed E-state index contributed by atoms with van der Waals surface area (Å²) in [6.07, 6.45) is 3.24. The van der Waals surface area contributed by atoms with Crippen molar-refractivity contribution in [2.45, 2.75) is 64.0 Å². The van der Waals surface area contributed by atoms with Gasteiger partial charge in [0.15, 0.2) is 11.6 Å². The Labute approximate surface area is 222 Å². The van der Waals surface area contributed by atoms with E-state index in [2.05, 4.69) is 25.7 Å². The number of H-pyrrole nitrogens is 1. The highest BCUT2D eigenvalue weighted by Gasteiger charge is 2.39. The van der Waals surface area contributed by atoms with Crippen LogP contribution in [0.1, 0.15) is 63.1 Å².